The highest BCUT2D eigenvalue weighted by Gasteiger charge is 2.10. The molecule has 1 amide bonds. The van der Waals surface area contributed by atoms with Crippen LogP contribution in [-0.2, 0) is 17.9 Å². The Morgan fingerprint density at radius 2 is 1.81 bits per heavy atom. The van der Waals surface area contributed by atoms with Gasteiger partial charge in [-0.1, -0.05) is 35.9 Å². The second-order valence-electron chi connectivity index (χ2n) is 6.38. The van der Waals surface area contributed by atoms with E-state index in [2.05, 4.69) is 37.4 Å². The highest BCUT2D eigenvalue weighted by Crippen LogP contribution is 2.20. The second-order valence-corrected chi connectivity index (χ2v) is 6.79. The van der Waals surface area contributed by atoms with E-state index in [1.54, 1.807) is 12.1 Å². The van der Waals surface area contributed by atoms with Gasteiger partial charge in [-0.2, -0.15) is 0 Å². The summed E-state index contributed by atoms with van der Waals surface area (Å²) in [6.07, 6.45) is 0. The van der Waals surface area contributed by atoms with E-state index in [9.17, 15) is 4.79 Å². The van der Waals surface area contributed by atoms with Gasteiger partial charge in [0.1, 0.15) is 12.3 Å². The number of halogens is 1. The molecule has 0 heterocycles. The summed E-state index contributed by atoms with van der Waals surface area (Å²) in [5, 5.41) is 3.63. The van der Waals surface area contributed by atoms with Crippen molar-refractivity contribution in [2.75, 3.05) is 19.7 Å². The molecule has 0 aliphatic heterocycles. The zero-order valence-electron chi connectivity index (χ0n) is 15.8. The maximum atomic E-state index is 12.1. The van der Waals surface area contributed by atoms with Crippen LogP contribution in [0.15, 0.2) is 42.5 Å². The third-order valence-corrected chi connectivity index (χ3v) is 4.96. The van der Waals surface area contributed by atoms with Crippen LogP contribution in [-0.4, -0.2) is 25.6 Å². The Labute approximate surface area is 161 Å². The summed E-state index contributed by atoms with van der Waals surface area (Å²) in [6, 6.07) is 13.6. The first-order chi connectivity index (χ1) is 12.5. The summed E-state index contributed by atoms with van der Waals surface area (Å²) in [5.74, 6) is 0.509. The Kier molecular flexibility index (Phi) is 7.95. The van der Waals surface area contributed by atoms with Crippen molar-refractivity contribution in [1.82, 2.24) is 5.32 Å². The van der Waals surface area contributed by atoms with Crippen LogP contribution in [0.5, 0.6) is 5.75 Å². The van der Waals surface area contributed by atoms with Gasteiger partial charge in [-0.15, -0.1) is 0 Å². The largest absolute Gasteiger partial charge is 0.484 e. The van der Waals surface area contributed by atoms with Gasteiger partial charge in [-0.3, -0.25) is 4.79 Å². The van der Waals surface area contributed by atoms with E-state index >= 15 is 0 Å². The van der Waals surface area contributed by atoms with E-state index in [0.717, 1.165) is 30.8 Å². The van der Waals surface area contributed by atoms with Gasteiger partial charge in [0.2, 0.25) is 0 Å². The number of quaternary nitrogens is 1. The van der Waals surface area contributed by atoms with Gasteiger partial charge in [0, 0.05) is 17.1 Å². The van der Waals surface area contributed by atoms with Crippen molar-refractivity contribution in [1.29, 1.82) is 0 Å². The number of ether oxygens (including phenoxy) is 1. The first kappa shape index (κ1) is 20.3. The minimum Gasteiger partial charge on any atom is -0.484 e. The number of rotatable bonds is 9. The summed E-state index contributed by atoms with van der Waals surface area (Å²) in [5.41, 5.74) is 3.36. The van der Waals surface area contributed by atoms with Crippen molar-refractivity contribution in [3.05, 3.63) is 64.2 Å². The van der Waals surface area contributed by atoms with Gasteiger partial charge in [-0.05, 0) is 50.1 Å². The molecule has 0 radical (unpaired) electrons. The Hall–Kier alpha value is -2.04. The molecular weight excluding hydrogens is 348 g/mol. The summed E-state index contributed by atoms with van der Waals surface area (Å²) >= 11 is 6.00. The van der Waals surface area contributed by atoms with Crippen LogP contribution in [0.4, 0.5) is 0 Å². The third-order valence-electron chi connectivity index (χ3n) is 4.53. The van der Waals surface area contributed by atoms with Crippen LogP contribution in [0.25, 0.3) is 0 Å². The quantitative estimate of drug-likeness (QED) is 0.707. The van der Waals surface area contributed by atoms with Crippen molar-refractivity contribution >= 4 is 17.5 Å². The average Bonchev–Trinajstić information content (AvgIpc) is 2.66. The first-order valence-corrected chi connectivity index (χ1v) is 9.47. The maximum Gasteiger partial charge on any atom is 0.258 e. The van der Waals surface area contributed by atoms with Crippen LogP contribution in [0, 0.1) is 6.92 Å². The normalized spacial score (nSPS) is 10.8. The minimum absolute atomic E-state index is 0.00939. The summed E-state index contributed by atoms with van der Waals surface area (Å²) in [7, 11) is 0. The number of carbonyl (C=O) groups excluding carboxylic acids is 1. The van der Waals surface area contributed by atoms with Gasteiger partial charge in [0.05, 0.1) is 13.1 Å². The third kappa shape index (κ3) is 6.04. The fourth-order valence-electron chi connectivity index (χ4n) is 2.77. The number of benzene rings is 2. The number of nitrogens with one attached hydrogen (secondary N) is 2. The summed E-state index contributed by atoms with van der Waals surface area (Å²) < 4.78 is 5.55. The zero-order chi connectivity index (χ0) is 18.9. The highest BCUT2D eigenvalue weighted by molar-refractivity contribution is 6.31. The molecule has 140 valence electrons. The number of hydrogen-bond donors (Lipinski definition) is 2. The molecule has 2 N–H and O–H groups in total. The predicted octanol–water partition coefficient (Wildman–Crippen LogP) is 2.77. The molecule has 4 nitrogen and oxygen atoms in total. The Balaban J connectivity index is 1.88. The fraction of sp³-hybridized carbons (Fsp3) is 0.381. The lowest BCUT2D eigenvalue weighted by Crippen LogP contribution is -3.10. The van der Waals surface area contributed by atoms with Crippen LogP contribution in [0.3, 0.4) is 0 Å². The molecule has 0 aliphatic carbocycles. The van der Waals surface area contributed by atoms with Crippen molar-refractivity contribution in [2.45, 2.75) is 33.9 Å². The number of aryl methyl sites for hydroxylation is 1. The number of hydrogen-bond acceptors (Lipinski definition) is 2. The van der Waals surface area contributed by atoms with Crippen molar-refractivity contribution in [3.8, 4) is 5.75 Å². The minimum atomic E-state index is -0.136. The van der Waals surface area contributed by atoms with Crippen molar-refractivity contribution in [3.63, 3.8) is 0 Å². The van der Waals surface area contributed by atoms with Gasteiger partial charge < -0.3 is 15.0 Å². The van der Waals surface area contributed by atoms with E-state index in [4.69, 9.17) is 16.3 Å². The molecule has 0 aliphatic rings. The number of carbonyl (C=O) groups is 1. The highest BCUT2D eigenvalue weighted by atomic mass is 35.5. The first-order valence-electron chi connectivity index (χ1n) is 9.09. The molecule has 0 aromatic heterocycles. The average molecular weight is 376 g/mol. The Morgan fingerprint density at radius 3 is 2.46 bits per heavy atom. The lowest BCUT2D eigenvalue weighted by atomic mass is 10.1. The van der Waals surface area contributed by atoms with Crippen LogP contribution in [0.1, 0.15) is 30.5 Å². The smallest absolute Gasteiger partial charge is 0.258 e. The standard InChI is InChI=1S/C21H27ClN2O2/c1-4-24(5-2)14-18-9-7-6-8-17(18)13-23-21(25)15-26-19-10-11-20(22)16(3)12-19/h6-12H,4-5,13-15H2,1-3H3,(H,23,25)/p+1. The van der Waals surface area contributed by atoms with Gasteiger partial charge in [-0.25, -0.2) is 0 Å². The summed E-state index contributed by atoms with van der Waals surface area (Å²) in [6.45, 7) is 9.95. The molecule has 2 rings (SSSR count). The van der Waals surface area contributed by atoms with E-state index in [1.807, 2.05) is 19.1 Å². The van der Waals surface area contributed by atoms with Crippen molar-refractivity contribution in [2.24, 2.45) is 0 Å². The SMILES string of the molecule is CC[NH+](CC)Cc1ccccc1CNC(=O)COc1ccc(Cl)c(C)c1. The maximum absolute atomic E-state index is 12.1. The van der Waals surface area contributed by atoms with Crippen LogP contribution in [0.2, 0.25) is 5.02 Å². The molecular formula is C21H28ClN2O2+. The molecule has 0 fully saturated rings. The lowest BCUT2D eigenvalue weighted by molar-refractivity contribution is -0.910. The molecule has 0 unspecified atom stereocenters. The van der Waals surface area contributed by atoms with Gasteiger partial charge in [0.15, 0.2) is 6.61 Å². The molecule has 0 saturated heterocycles. The van der Waals surface area contributed by atoms with E-state index < -0.39 is 0 Å². The fourth-order valence-corrected chi connectivity index (χ4v) is 2.89. The second kappa shape index (κ2) is 10.2. The zero-order valence-corrected chi connectivity index (χ0v) is 16.5. The van der Waals surface area contributed by atoms with E-state index in [0.29, 0.717) is 17.3 Å². The summed E-state index contributed by atoms with van der Waals surface area (Å²) in [4.78, 5) is 13.6. The predicted molar refractivity (Wildman–Crippen MR) is 106 cm³/mol. The topological polar surface area (TPSA) is 42.8 Å². The Bertz CT molecular complexity index is 730. The molecule has 0 atom stereocenters. The van der Waals surface area contributed by atoms with E-state index in [-0.39, 0.29) is 12.5 Å². The molecule has 0 spiro atoms. The molecule has 2 aromatic rings. The van der Waals surface area contributed by atoms with Gasteiger partial charge in [0.25, 0.3) is 5.91 Å². The molecule has 5 heteroatoms. The Morgan fingerprint density at radius 1 is 1.12 bits per heavy atom. The van der Waals surface area contributed by atoms with Gasteiger partial charge >= 0.3 is 0 Å². The lowest BCUT2D eigenvalue weighted by Gasteiger charge is -2.18. The monoisotopic (exact) mass is 375 g/mol. The van der Waals surface area contributed by atoms with Crippen LogP contribution < -0.4 is 15.0 Å². The molecule has 2 aromatic carbocycles. The molecule has 0 bridgehead atoms. The molecule has 0 saturated carbocycles. The molecule has 26 heavy (non-hydrogen) atoms. The van der Waals surface area contributed by atoms with Crippen molar-refractivity contribution < 1.29 is 14.4 Å². The van der Waals surface area contributed by atoms with Crippen LogP contribution >= 0.6 is 11.6 Å². The number of amides is 1. The van der Waals surface area contributed by atoms with E-state index in [1.165, 1.54) is 10.5 Å².